The molecule has 0 radical (unpaired) electrons. The number of rotatable bonds is 3. The van der Waals surface area contributed by atoms with E-state index in [1.165, 1.54) is 0 Å². The molecule has 0 spiro atoms. The number of halogens is 6. The standard InChI is InChI=1S/C11H9F6NO2/c1-20-10(19)18-8(9(13)14)6-3-2-5(4-7(6)12)11(15,16)17/h2-4,8-9H,1H3,(H,18,19)/t8-/m0/s1. The molecule has 0 saturated heterocycles. The molecule has 0 heterocycles. The Hall–Kier alpha value is -1.93. The van der Waals surface area contributed by atoms with Gasteiger partial charge in [-0.3, -0.25) is 0 Å². The molecule has 1 rings (SSSR count). The Labute approximate surface area is 109 Å². The lowest BCUT2D eigenvalue weighted by atomic mass is 10.0. The average molecular weight is 301 g/mol. The first-order chi connectivity index (χ1) is 9.16. The number of nitrogens with one attached hydrogen (secondary N) is 1. The van der Waals surface area contributed by atoms with Crippen LogP contribution < -0.4 is 5.32 Å². The van der Waals surface area contributed by atoms with Crippen LogP contribution in [0.3, 0.4) is 0 Å². The van der Waals surface area contributed by atoms with Crippen LogP contribution in [0.25, 0.3) is 0 Å². The smallest absolute Gasteiger partial charge is 0.416 e. The fraction of sp³-hybridized carbons (Fsp3) is 0.364. The second kappa shape index (κ2) is 6.02. The van der Waals surface area contributed by atoms with Gasteiger partial charge in [-0.15, -0.1) is 0 Å². The van der Waals surface area contributed by atoms with Crippen molar-refractivity contribution in [3.05, 3.63) is 35.1 Å². The summed E-state index contributed by atoms with van der Waals surface area (Å²) < 4.78 is 80.0. The van der Waals surface area contributed by atoms with Crippen molar-refractivity contribution in [3.8, 4) is 0 Å². The molecule has 1 amide bonds. The molecule has 1 aromatic rings. The molecule has 0 bridgehead atoms. The van der Waals surface area contributed by atoms with Crippen LogP contribution in [0, 0.1) is 5.82 Å². The number of hydrogen-bond donors (Lipinski definition) is 1. The van der Waals surface area contributed by atoms with Gasteiger partial charge < -0.3 is 10.1 Å². The lowest BCUT2D eigenvalue weighted by molar-refractivity contribution is -0.137. The Morgan fingerprint density at radius 2 is 1.90 bits per heavy atom. The van der Waals surface area contributed by atoms with Crippen molar-refractivity contribution >= 4 is 6.09 Å². The number of amides is 1. The zero-order valence-corrected chi connectivity index (χ0v) is 9.97. The monoisotopic (exact) mass is 301 g/mol. The normalized spacial score (nSPS) is 13.2. The van der Waals surface area contributed by atoms with Gasteiger partial charge in [-0.1, -0.05) is 6.07 Å². The number of ether oxygens (including phenoxy) is 1. The summed E-state index contributed by atoms with van der Waals surface area (Å²) in [5.41, 5.74) is -2.08. The first-order valence-corrected chi connectivity index (χ1v) is 5.16. The van der Waals surface area contributed by atoms with Crippen LogP contribution in [-0.4, -0.2) is 19.6 Å². The SMILES string of the molecule is COC(=O)N[C@@H](c1ccc(C(F)(F)F)cc1F)C(F)F. The number of carbonyl (C=O) groups excluding carboxylic acids is 1. The van der Waals surface area contributed by atoms with Crippen LogP contribution in [-0.2, 0) is 10.9 Å². The van der Waals surface area contributed by atoms with Gasteiger partial charge in [0.2, 0.25) is 0 Å². The summed E-state index contributed by atoms with van der Waals surface area (Å²) in [6.07, 6.45) is -9.27. The van der Waals surface area contributed by atoms with Crippen LogP contribution in [0.2, 0.25) is 0 Å². The maximum atomic E-state index is 13.5. The van der Waals surface area contributed by atoms with Crippen LogP contribution in [0.15, 0.2) is 18.2 Å². The van der Waals surface area contributed by atoms with Gasteiger partial charge in [0.25, 0.3) is 6.43 Å². The fourth-order valence-electron chi connectivity index (χ4n) is 1.42. The van der Waals surface area contributed by atoms with Crippen molar-refractivity contribution in [1.29, 1.82) is 0 Å². The van der Waals surface area contributed by atoms with E-state index in [2.05, 4.69) is 4.74 Å². The minimum Gasteiger partial charge on any atom is -0.453 e. The van der Waals surface area contributed by atoms with Crippen molar-refractivity contribution in [3.63, 3.8) is 0 Å². The minimum atomic E-state index is -4.80. The summed E-state index contributed by atoms with van der Waals surface area (Å²) in [6, 6.07) is -1.02. The summed E-state index contributed by atoms with van der Waals surface area (Å²) >= 11 is 0. The molecule has 1 N–H and O–H groups in total. The highest BCUT2D eigenvalue weighted by atomic mass is 19.4. The van der Waals surface area contributed by atoms with E-state index in [-0.39, 0.29) is 6.07 Å². The average Bonchev–Trinajstić information content (AvgIpc) is 2.34. The topological polar surface area (TPSA) is 38.3 Å². The minimum absolute atomic E-state index is 0.0870. The molecule has 0 aliphatic rings. The molecule has 1 atom stereocenters. The van der Waals surface area contributed by atoms with E-state index in [1.54, 1.807) is 5.32 Å². The van der Waals surface area contributed by atoms with E-state index in [0.717, 1.165) is 7.11 Å². The van der Waals surface area contributed by atoms with Gasteiger partial charge in [0.1, 0.15) is 11.9 Å². The van der Waals surface area contributed by atoms with E-state index in [1.807, 2.05) is 0 Å². The zero-order valence-electron chi connectivity index (χ0n) is 9.97. The largest absolute Gasteiger partial charge is 0.453 e. The number of carbonyl (C=O) groups is 1. The Morgan fingerprint density at radius 3 is 2.30 bits per heavy atom. The van der Waals surface area contributed by atoms with Crippen LogP contribution in [0.4, 0.5) is 31.1 Å². The predicted molar refractivity (Wildman–Crippen MR) is 55.7 cm³/mol. The first-order valence-electron chi connectivity index (χ1n) is 5.16. The molecule has 0 aliphatic carbocycles. The molecular formula is C11H9F6NO2. The molecule has 1 aromatic carbocycles. The second-order valence-electron chi connectivity index (χ2n) is 3.68. The van der Waals surface area contributed by atoms with Gasteiger partial charge in [0, 0.05) is 5.56 Å². The van der Waals surface area contributed by atoms with Gasteiger partial charge in [-0.25, -0.2) is 18.0 Å². The van der Waals surface area contributed by atoms with E-state index < -0.39 is 41.7 Å². The summed E-state index contributed by atoms with van der Waals surface area (Å²) in [6.45, 7) is 0. The van der Waals surface area contributed by atoms with Gasteiger partial charge in [-0.2, -0.15) is 13.2 Å². The van der Waals surface area contributed by atoms with E-state index in [9.17, 15) is 31.1 Å². The number of alkyl carbamates (subject to hydrolysis) is 1. The van der Waals surface area contributed by atoms with E-state index in [0.29, 0.717) is 12.1 Å². The third-order valence-corrected chi connectivity index (χ3v) is 2.37. The van der Waals surface area contributed by atoms with Crippen molar-refractivity contribution in [2.75, 3.05) is 7.11 Å². The number of methoxy groups -OCH3 is 1. The second-order valence-corrected chi connectivity index (χ2v) is 3.68. The van der Waals surface area contributed by atoms with Crippen molar-refractivity contribution in [1.82, 2.24) is 5.32 Å². The lowest BCUT2D eigenvalue weighted by Crippen LogP contribution is -2.33. The molecule has 3 nitrogen and oxygen atoms in total. The van der Waals surface area contributed by atoms with Gasteiger partial charge >= 0.3 is 12.3 Å². The quantitative estimate of drug-likeness (QED) is 0.868. The van der Waals surface area contributed by atoms with Crippen molar-refractivity contribution in [2.45, 2.75) is 18.6 Å². The predicted octanol–water partition coefficient (Wildman–Crippen LogP) is 3.51. The van der Waals surface area contributed by atoms with E-state index in [4.69, 9.17) is 0 Å². The number of hydrogen-bond acceptors (Lipinski definition) is 2. The Kier molecular flexibility index (Phi) is 4.85. The highest BCUT2D eigenvalue weighted by Gasteiger charge is 2.33. The zero-order chi connectivity index (χ0) is 15.5. The maximum absolute atomic E-state index is 13.5. The third kappa shape index (κ3) is 3.78. The van der Waals surface area contributed by atoms with Crippen LogP contribution in [0.5, 0.6) is 0 Å². The third-order valence-electron chi connectivity index (χ3n) is 2.37. The number of benzene rings is 1. The maximum Gasteiger partial charge on any atom is 0.416 e. The summed E-state index contributed by atoms with van der Waals surface area (Å²) in [5, 5.41) is 1.65. The fourth-order valence-corrected chi connectivity index (χ4v) is 1.42. The molecule has 9 heteroatoms. The lowest BCUT2D eigenvalue weighted by Gasteiger charge is -2.19. The Bertz CT molecular complexity index is 488. The van der Waals surface area contributed by atoms with Gasteiger partial charge in [0.05, 0.1) is 12.7 Å². The van der Waals surface area contributed by atoms with Gasteiger partial charge in [-0.05, 0) is 12.1 Å². The molecule has 0 aliphatic heterocycles. The first kappa shape index (κ1) is 16.1. The molecule has 0 aromatic heterocycles. The summed E-state index contributed by atoms with van der Waals surface area (Å²) in [5.74, 6) is -1.50. The highest BCUT2D eigenvalue weighted by Crippen LogP contribution is 2.32. The molecule has 0 fully saturated rings. The molecule has 20 heavy (non-hydrogen) atoms. The number of alkyl halides is 5. The van der Waals surface area contributed by atoms with Crippen molar-refractivity contribution in [2.24, 2.45) is 0 Å². The van der Waals surface area contributed by atoms with Crippen molar-refractivity contribution < 1.29 is 35.9 Å². The summed E-state index contributed by atoms with van der Waals surface area (Å²) in [4.78, 5) is 10.9. The van der Waals surface area contributed by atoms with Crippen LogP contribution >= 0.6 is 0 Å². The molecule has 0 saturated carbocycles. The van der Waals surface area contributed by atoms with E-state index >= 15 is 0 Å². The Balaban J connectivity index is 3.12. The van der Waals surface area contributed by atoms with Gasteiger partial charge in [0.15, 0.2) is 0 Å². The summed E-state index contributed by atoms with van der Waals surface area (Å²) in [7, 11) is 0.904. The molecule has 112 valence electrons. The Morgan fingerprint density at radius 1 is 1.30 bits per heavy atom. The molecule has 0 unspecified atom stereocenters. The van der Waals surface area contributed by atoms with Crippen LogP contribution in [0.1, 0.15) is 17.2 Å². The molecular weight excluding hydrogens is 292 g/mol. The highest BCUT2D eigenvalue weighted by molar-refractivity contribution is 5.67.